The van der Waals surface area contributed by atoms with E-state index < -0.39 is 0 Å². The molecule has 3 aliphatic rings. The quantitative estimate of drug-likeness (QED) is 0.848. The maximum Gasteiger partial charge on any atom is 0.0335 e. The Hall–Kier alpha value is -0.120. The van der Waals surface area contributed by atoms with Crippen LogP contribution in [0, 0.1) is 5.92 Å². The van der Waals surface area contributed by atoms with Gasteiger partial charge in [-0.05, 0) is 44.6 Å². The summed E-state index contributed by atoms with van der Waals surface area (Å²) in [4.78, 5) is 5.52. The zero-order valence-corrected chi connectivity index (χ0v) is 12.6. The number of piperazine rings is 1. The number of rotatable bonds is 3. The van der Waals surface area contributed by atoms with E-state index in [1.54, 1.807) is 0 Å². The summed E-state index contributed by atoms with van der Waals surface area (Å²) in [5.41, 5.74) is 6.58. The molecule has 2 heterocycles. The summed E-state index contributed by atoms with van der Waals surface area (Å²) >= 11 is 0. The van der Waals surface area contributed by atoms with Crippen molar-refractivity contribution in [1.29, 1.82) is 0 Å². The van der Waals surface area contributed by atoms with Crippen molar-refractivity contribution >= 4 is 0 Å². The normalized spacial score (nSPS) is 41.4. The fourth-order valence-electron chi connectivity index (χ4n) is 4.75. The predicted octanol–water partition coefficient (Wildman–Crippen LogP) is 2.06. The summed E-state index contributed by atoms with van der Waals surface area (Å²) in [6, 6.07) is 0.826. The smallest absolute Gasteiger partial charge is 0.0335 e. The summed E-state index contributed by atoms with van der Waals surface area (Å²) in [5.74, 6) is 0.924. The van der Waals surface area contributed by atoms with E-state index in [-0.39, 0.29) is 0 Å². The third-order valence-corrected chi connectivity index (χ3v) is 6.15. The summed E-state index contributed by atoms with van der Waals surface area (Å²) in [6.07, 6.45) is 9.69. The fourth-order valence-corrected chi connectivity index (χ4v) is 4.75. The number of piperidine rings is 1. The number of hydrogen-bond acceptors (Lipinski definition) is 3. The molecule has 2 saturated heterocycles. The van der Waals surface area contributed by atoms with E-state index in [0.717, 1.165) is 18.5 Å². The molecule has 19 heavy (non-hydrogen) atoms. The van der Waals surface area contributed by atoms with Crippen molar-refractivity contribution in [3.05, 3.63) is 0 Å². The molecule has 0 aromatic carbocycles. The zero-order valence-electron chi connectivity index (χ0n) is 12.6. The van der Waals surface area contributed by atoms with Gasteiger partial charge < -0.3 is 5.73 Å². The molecule has 3 fully saturated rings. The maximum atomic E-state index is 6.23. The Labute approximate surface area is 118 Å². The van der Waals surface area contributed by atoms with Crippen molar-refractivity contribution in [1.82, 2.24) is 9.80 Å². The Bertz CT molecular complexity index is 306. The Morgan fingerprint density at radius 3 is 2.79 bits per heavy atom. The predicted molar refractivity (Wildman–Crippen MR) is 80.2 cm³/mol. The molecule has 3 heteroatoms. The van der Waals surface area contributed by atoms with E-state index in [1.165, 1.54) is 71.1 Å². The monoisotopic (exact) mass is 265 g/mol. The molecular formula is C16H31N3. The highest BCUT2D eigenvalue weighted by atomic mass is 15.3. The van der Waals surface area contributed by atoms with Crippen LogP contribution < -0.4 is 5.73 Å². The van der Waals surface area contributed by atoms with Crippen LogP contribution in [-0.4, -0.2) is 54.1 Å². The number of nitrogens with two attached hydrogens (primary N) is 1. The van der Waals surface area contributed by atoms with Gasteiger partial charge in [-0.2, -0.15) is 0 Å². The third-order valence-electron chi connectivity index (χ3n) is 6.15. The van der Waals surface area contributed by atoms with Crippen LogP contribution in [-0.2, 0) is 0 Å². The molecule has 0 bridgehead atoms. The van der Waals surface area contributed by atoms with Crippen LogP contribution in [0.3, 0.4) is 0 Å². The molecule has 3 atom stereocenters. The van der Waals surface area contributed by atoms with E-state index in [2.05, 4.69) is 16.7 Å². The third kappa shape index (κ3) is 2.57. The van der Waals surface area contributed by atoms with Gasteiger partial charge in [0, 0.05) is 37.8 Å². The summed E-state index contributed by atoms with van der Waals surface area (Å²) in [6.45, 7) is 8.37. The maximum absolute atomic E-state index is 6.23. The average Bonchev–Trinajstić information content (AvgIpc) is 2.92. The topological polar surface area (TPSA) is 32.5 Å². The lowest BCUT2D eigenvalue weighted by molar-refractivity contribution is -0.0103. The highest BCUT2D eigenvalue weighted by Gasteiger charge is 2.44. The summed E-state index contributed by atoms with van der Waals surface area (Å²) in [7, 11) is 0. The number of hydrogen-bond donors (Lipinski definition) is 1. The summed E-state index contributed by atoms with van der Waals surface area (Å²) in [5, 5.41) is 0. The molecule has 0 radical (unpaired) electrons. The molecule has 3 nitrogen and oxygen atoms in total. The highest BCUT2D eigenvalue weighted by Crippen LogP contribution is 2.41. The molecule has 0 amide bonds. The van der Waals surface area contributed by atoms with Gasteiger partial charge >= 0.3 is 0 Å². The SMILES string of the molecule is CCC1CCC(CN)(N2CCN3CCCCC3C2)C1. The van der Waals surface area contributed by atoms with E-state index in [4.69, 9.17) is 5.73 Å². The molecule has 3 unspecified atom stereocenters. The largest absolute Gasteiger partial charge is 0.329 e. The van der Waals surface area contributed by atoms with Crippen molar-refractivity contribution in [2.75, 3.05) is 32.7 Å². The lowest BCUT2D eigenvalue weighted by Crippen LogP contribution is -2.63. The lowest BCUT2D eigenvalue weighted by Gasteiger charge is -2.50. The second-order valence-corrected chi connectivity index (χ2v) is 7.08. The molecule has 110 valence electrons. The first-order valence-electron chi connectivity index (χ1n) is 8.46. The van der Waals surface area contributed by atoms with Crippen LogP contribution in [0.15, 0.2) is 0 Å². The van der Waals surface area contributed by atoms with Gasteiger partial charge in [0.2, 0.25) is 0 Å². The van der Waals surface area contributed by atoms with Gasteiger partial charge in [-0.3, -0.25) is 9.80 Å². The van der Waals surface area contributed by atoms with Crippen LogP contribution >= 0.6 is 0 Å². The van der Waals surface area contributed by atoms with Crippen LogP contribution in [0.5, 0.6) is 0 Å². The second-order valence-electron chi connectivity index (χ2n) is 7.08. The van der Waals surface area contributed by atoms with Gasteiger partial charge in [0.15, 0.2) is 0 Å². The minimum absolute atomic E-state index is 0.351. The molecule has 3 rings (SSSR count). The molecule has 0 aromatic heterocycles. The Morgan fingerprint density at radius 2 is 2.05 bits per heavy atom. The Balaban J connectivity index is 1.67. The first-order chi connectivity index (χ1) is 9.27. The molecular weight excluding hydrogens is 234 g/mol. The van der Waals surface area contributed by atoms with E-state index >= 15 is 0 Å². The second kappa shape index (κ2) is 5.71. The average molecular weight is 265 g/mol. The fraction of sp³-hybridized carbons (Fsp3) is 1.00. The van der Waals surface area contributed by atoms with E-state index in [1.807, 2.05) is 0 Å². The van der Waals surface area contributed by atoms with Gasteiger partial charge in [0.25, 0.3) is 0 Å². The van der Waals surface area contributed by atoms with Crippen molar-refractivity contribution in [2.24, 2.45) is 11.7 Å². The van der Waals surface area contributed by atoms with E-state index in [9.17, 15) is 0 Å². The number of fused-ring (bicyclic) bond motifs is 1. The van der Waals surface area contributed by atoms with E-state index in [0.29, 0.717) is 5.54 Å². The van der Waals surface area contributed by atoms with Crippen LogP contribution in [0.2, 0.25) is 0 Å². The van der Waals surface area contributed by atoms with Gasteiger partial charge in [0.1, 0.15) is 0 Å². The van der Waals surface area contributed by atoms with Crippen molar-refractivity contribution < 1.29 is 0 Å². The summed E-state index contributed by atoms with van der Waals surface area (Å²) < 4.78 is 0. The zero-order chi connectivity index (χ0) is 13.3. The minimum atomic E-state index is 0.351. The minimum Gasteiger partial charge on any atom is -0.329 e. The van der Waals surface area contributed by atoms with Gasteiger partial charge in [-0.15, -0.1) is 0 Å². The first kappa shape index (κ1) is 13.8. The molecule has 2 N–H and O–H groups in total. The van der Waals surface area contributed by atoms with Crippen molar-refractivity contribution in [3.63, 3.8) is 0 Å². The highest BCUT2D eigenvalue weighted by molar-refractivity contribution is 5.01. The van der Waals surface area contributed by atoms with Crippen molar-refractivity contribution in [3.8, 4) is 0 Å². The Kier molecular flexibility index (Phi) is 4.16. The van der Waals surface area contributed by atoms with Crippen LogP contribution in [0.25, 0.3) is 0 Å². The van der Waals surface area contributed by atoms with Gasteiger partial charge in [0.05, 0.1) is 0 Å². The lowest BCUT2D eigenvalue weighted by atomic mass is 9.89. The molecule has 1 aliphatic carbocycles. The van der Waals surface area contributed by atoms with Gasteiger partial charge in [-0.1, -0.05) is 19.8 Å². The molecule has 2 aliphatic heterocycles. The van der Waals surface area contributed by atoms with Crippen LogP contribution in [0.4, 0.5) is 0 Å². The van der Waals surface area contributed by atoms with Crippen molar-refractivity contribution in [2.45, 2.75) is 63.5 Å². The Morgan fingerprint density at radius 1 is 1.16 bits per heavy atom. The standard InChI is InChI=1S/C16H31N3/c1-2-14-6-7-16(11-14,13-17)19-10-9-18-8-4-3-5-15(18)12-19/h14-15H,2-13,17H2,1H3. The molecule has 0 aromatic rings. The first-order valence-corrected chi connectivity index (χ1v) is 8.46. The molecule has 0 spiro atoms. The van der Waals surface area contributed by atoms with Gasteiger partial charge in [-0.25, -0.2) is 0 Å². The van der Waals surface area contributed by atoms with Crippen LogP contribution in [0.1, 0.15) is 51.9 Å². The number of nitrogens with zero attached hydrogens (tertiary/aromatic N) is 2. The molecule has 1 saturated carbocycles.